The quantitative estimate of drug-likeness (QED) is 0.463. The summed E-state index contributed by atoms with van der Waals surface area (Å²) in [7, 11) is 0. The molecule has 1 aliphatic heterocycles. The van der Waals surface area contributed by atoms with Gasteiger partial charge < -0.3 is 9.64 Å². The van der Waals surface area contributed by atoms with Gasteiger partial charge in [0, 0.05) is 19.2 Å². The van der Waals surface area contributed by atoms with Crippen LogP contribution in [0.1, 0.15) is 6.92 Å². The fourth-order valence-electron chi connectivity index (χ4n) is 1.52. The van der Waals surface area contributed by atoms with Gasteiger partial charge in [0.25, 0.3) is 0 Å². The average Bonchev–Trinajstić information content (AvgIpc) is 2.99. The Bertz CT molecular complexity index is 545. The molecule has 10 heteroatoms. The van der Waals surface area contributed by atoms with Crippen LogP contribution in [0.5, 0.6) is 0 Å². The van der Waals surface area contributed by atoms with Crippen molar-refractivity contribution in [2.75, 3.05) is 25.4 Å². The summed E-state index contributed by atoms with van der Waals surface area (Å²) in [5.41, 5.74) is 0. The highest BCUT2D eigenvalue weighted by Gasteiger charge is 2.21. The van der Waals surface area contributed by atoms with Gasteiger partial charge in [-0.25, -0.2) is 4.98 Å². The number of rotatable bonds is 5. The van der Waals surface area contributed by atoms with E-state index in [9.17, 15) is 14.9 Å². The number of aromatic nitrogens is 1. The largest absolute Gasteiger partial charge is 0.464 e. The first-order valence-electron chi connectivity index (χ1n) is 5.76. The zero-order valence-electron chi connectivity index (χ0n) is 10.6. The molecule has 0 bridgehead atoms. The molecule has 0 atom stereocenters. The molecule has 0 aliphatic carbocycles. The summed E-state index contributed by atoms with van der Waals surface area (Å²) in [6.45, 7) is 3.02. The Morgan fingerprint density at radius 2 is 2.50 bits per heavy atom. The van der Waals surface area contributed by atoms with E-state index in [2.05, 4.69) is 9.98 Å². The van der Waals surface area contributed by atoms with Gasteiger partial charge in [-0.15, -0.1) is 0 Å². The fourth-order valence-corrected chi connectivity index (χ4v) is 3.19. The van der Waals surface area contributed by atoms with Gasteiger partial charge in [-0.05, 0) is 11.3 Å². The van der Waals surface area contributed by atoms with E-state index in [0.29, 0.717) is 18.3 Å². The minimum atomic E-state index is -0.485. The summed E-state index contributed by atoms with van der Waals surface area (Å²) < 4.78 is 4.89. The monoisotopic (exact) mass is 316 g/mol. The number of aliphatic imine (C=N–C) groups is 1. The van der Waals surface area contributed by atoms with Crippen molar-refractivity contribution in [2.24, 2.45) is 4.99 Å². The van der Waals surface area contributed by atoms with Crippen molar-refractivity contribution in [1.29, 1.82) is 0 Å². The van der Waals surface area contributed by atoms with Gasteiger partial charge in [0.1, 0.15) is 12.8 Å². The Labute approximate surface area is 123 Å². The number of thiazole rings is 1. The van der Waals surface area contributed by atoms with E-state index in [1.807, 2.05) is 4.90 Å². The minimum absolute atomic E-state index is 0.0289. The number of ether oxygens (including phenoxy) is 1. The molecule has 8 nitrogen and oxygen atoms in total. The van der Waals surface area contributed by atoms with Crippen LogP contribution < -0.4 is 0 Å². The lowest BCUT2D eigenvalue weighted by molar-refractivity contribution is -0.380. The zero-order chi connectivity index (χ0) is 14.5. The molecule has 2 rings (SSSR count). The first kappa shape index (κ1) is 14.7. The highest BCUT2D eigenvalue weighted by Crippen LogP contribution is 2.30. The third-order valence-corrected chi connectivity index (χ3v) is 4.22. The van der Waals surface area contributed by atoms with E-state index in [4.69, 9.17) is 4.74 Å². The van der Waals surface area contributed by atoms with Crippen molar-refractivity contribution >= 4 is 44.4 Å². The number of thioether (sulfide) groups is 1. The Morgan fingerprint density at radius 1 is 1.70 bits per heavy atom. The van der Waals surface area contributed by atoms with Gasteiger partial charge in [0.05, 0.1) is 11.5 Å². The highest BCUT2D eigenvalue weighted by molar-refractivity contribution is 8.14. The van der Waals surface area contributed by atoms with E-state index >= 15 is 0 Å². The standard InChI is InChI=1S/C10H12N4O4S2/c1-7(15)18-4-2-13-3-5-19-10(13)12-9-11-6-8(20-9)14(16)17/h6H,2-5H2,1H3. The second-order valence-corrected chi connectivity index (χ2v) is 5.86. The van der Waals surface area contributed by atoms with Crippen LogP contribution in [0.2, 0.25) is 0 Å². The van der Waals surface area contributed by atoms with Crippen LogP contribution in [0.4, 0.5) is 10.1 Å². The molecule has 1 fully saturated rings. The molecule has 108 valence electrons. The van der Waals surface area contributed by atoms with E-state index in [1.165, 1.54) is 13.1 Å². The Morgan fingerprint density at radius 3 is 3.15 bits per heavy atom. The molecule has 0 saturated carbocycles. The van der Waals surface area contributed by atoms with Crippen LogP contribution in [0.3, 0.4) is 0 Å². The number of hydrogen-bond acceptors (Lipinski definition) is 8. The van der Waals surface area contributed by atoms with Crippen molar-refractivity contribution in [2.45, 2.75) is 6.92 Å². The molecule has 1 aromatic heterocycles. The summed E-state index contributed by atoms with van der Waals surface area (Å²) >= 11 is 2.49. The summed E-state index contributed by atoms with van der Waals surface area (Å²) in [5.74, 6) is 0.567. The molecule has 0 unspecified atom stereocenters. The number of carbonyl (C=O) groups is 1. The Kier molecular flexibility index (Phi) is 4.90. The Balaban J connectivity index is 1.99. The normalized spacial score (nSPS) is 16.6. The van der Waals surface area contributed by atoms with Gasteiger partial charge >= 0.3 is 11.0 Å². The highest BCUT2D eigenvalue weighted by atomic mass is 32.2. The molecule has 0 N–H and O–H groups in total. The third kappa shape index (κ3) is 3.90. The SMILES string of the molecule is CC(=O)OCCN1CCSC1=Nc1ncc([N+](=O)[O-])s1. The molecule has 0 amide bonds. The fraction of sp³-hybridized carbons (Fsp3) is 0.500. The lowest BCUT2D eigenvalue weighted by atomic mass is 10.5. The molecular formula is C10H12N4O4S2. The van der Waals surface area contributed by atoms with Crippen LogP contribution >= 0.6 is 23.1 Å². The van der Waals surface area contributed by atoms with Crippen LogP contribution in [-0.2, 0) is 9.53 Å². The molecule has 20 heavy (non-hydrogen) atoms. The van der Waals surface area contributed by atoms with Crippen molar-refractivity contribution in [3.63, 3.8) is 0 Å². The van der Waals surface area contributed by atoms with Gasteiger partial charge in [0.2, 0.25) is 5.13 Å². The molecule has 2 heterocycles. The summed E-state index contributed by atoms with van der Waals surface area (Å²) in [5, 5.41) is 11.7. The minimum Gasteiger partial charge on any atom is -0.464 e. The molecule has 1 saturated heterocycles. The average molecular weight is 316 g/mol. The van der Waals surface area contributed by atoms with Crippen molar-refractivity contribution in [3.8, 4) is 0 Å². The number of esters is 1. The lowest BCUT2D eigenvalue weighted by Crippen LogP contribution is -2.28. The van der Waals surface area contributed by atoms with Crippen LogP contribution in [0.15, 0.2) is 11.2 Å². The lowest BCUT2D eigenvalue weighted by Gasteiger charge is -2.16. The van der Waals surface area contributed by atoms with E-state index < -0.39 is 4.92 Å². The second-order valence-electron chi connectivity index (χ2n) is 3.81. The van der Waals surface area contributed by atoms with Crippen LogP contribution in [0.25, 0.3) is 0 Å². The third-order valence-electron chi connectivity index (χ3n) is 2.38. The first-order valence-corrected chi connectivity index (χ1v) is 7.56. The number of nitrogens with zero attached hydrogens (tertiary/aromatic N) is 4. The van der Waals surface area contributed by atoms with Crippen molar-refractivity contribution in [1.82, 2.24) is 9.88 Å². The molecule has 0 spiro atoms. The Hall–Kier alpha value is -1.68. The number of amidine groups is 1. The molecule has 1 aliphatic rings. The number of hydrogen-bond donors (Lipinski definition) is 0. The van der Waals surface area contributed by atoms with E-state index in [1.54, 1.807) is 11.8 Å². The molecule has 0 radical (unpaired) electrons. The van der Waals surface area contributed by atoms with Crippen molar-refractivity contribution in [3.05, 3.63) is 16.3 Å². The van der Waals surface area contributed by atoms with Gasteiger partial charge in [-0.1, -0.05) is 11.8 Å². The van der Waals surface area contributed by atoms with Gasteiger partial charge in [0.15, 0.2) is 5.17 Å². The predicted molar refractivity (Wildman–Crippen MR) is 76.5 cm³/mol. The molecular weight excluding hydrogens is 304 g/mol. The predicted octanol–water partition coefficient (Wildman–Crippen LogP) is 1.65. The molecule has 1 aromatic rings. The first-order chi connectivity index (χ1) is 9.56. The van der Waals surface area contributed by atoms with Crippen LogP contribution in [0, 0.1) is 10.1 Å². The zero-order valence-corrected chi connectivity index (χ0v) is 12.3. The smallest absolute Gasteiger partial charge is 0.345 e. The number of nitro groups is 1. The maximum Gasteiger partial charge on any atom is 0.345 e. The summed E-state index contributed by atoms with van der Waals surface area (Å²) in [6.07, 6.45) is 1.20. The summed E-state index contributed by atoms with van der Waals surface area (Å²) in [6, 6.07) is 0. The van der Waals surface area contributed by atoms with Gasteiger partial charge in [-0.3, -0.25) is 14.9 Å². The van der Waals surface area contributed by atoms with Crippen molar-refractivity contribution < 1.29 is 14.5 Å². The van der Waals surface area contributed by atoms with Crippen LogP contribution in [-0.4, -0.2) is 51.4 Å². The topological polar surface area (TPSA) is 97.9 Å². The molecule has 0 aromatic carbocycles. The number of carbonyl (C=O) groups excluding carboxylic acids is 1. The van der Waals surface area contributed by atoms with E-state index in [0.717, 1.165) is 28.8 Å². The second kappa shape index (κ2) is 6.66. The maximum absolute atomic E-state index is 10.7. The maximum atomic E-state index is 10.7. The van der Waals surface area contributed by atoms with E-state index in [-0.39, 0.29) is 11.0 Å². The summed E-state index contributed by atoms with van der Waals surface area (Å²) in [4.78, 5) is 31.0. The van der Waals surface area contributed by atoms with Gasteiger partial charge in [-0.2, -0.15) is 4.99 Å².